The second-order valence-electron chi connectivity index (χ2n) is 5.98. The molecule has 0 spiro atoms. The number of nitrogens with zero attached hydrogens (tertiary/aromatic N) is 2. The van der Waals surface area contributed by atoms with Gasteiger partial charge >= 0.3 is 0 Å². The molecule has 0 aliphatic rings. The van der Waals surface area contributed by atoms with Crippen LogP contribution in [0.5, 0.6) is 0 Å². The van der Waals surface area contributed by atoms with Crippen molar-refractivity contribution in [2.45, 2.75) is 46.0 Å². The van der Waals surface area contributed by atoms with Gasteiger partial charge in [0.15, 0.2) is 0 Å². The monoisotopic (exact) mass is 309 g/mol. The minimum Gasteiger partial charge on any atom is -0.296 e. The van der Waals surface area contributed by atoms with Crippen LogP contribution in [0.15, 0.2) is 11.4 Å². The van der Waals surface area contributed by atoms with Crippen molar-refractivity contribution in [3.8, 4) is 0 Å². The lowest BCUT2D eigenvalue weighted by Gasteiger charge is -2.12. The lowest BCUT2D eigenvalue weighted by atomic mass is 9.98. The number of hydrogen-bond donors (Lipinski definition) is 1. The highest BCUT2D eigenvalue weighted by molar-refractivity contribution is 7.16. The number of thiophene rings is 1. The van der Waals surface area contributed by atoms with Gasteiger partial charge in [-0.15, -0.1) is 21.5 Å². The van der Waals surface area contributed by atoms with E-state index in [9.17, 15) is 4.79 Å². The number of rotatable bonds is 3. The molecular formula is C14H19N3OS2. The van der Waals surface area contributed by atoms with E-state index >= 15 is 0 Å². The fourth-order valence-corrected chi connectivity index (χ4v) is 3.43. The number of hydrogen-bond acceptors (Lipinski definition) is 5. The van der Waals surface area contributed by atoms with E-state index in [1.165, 1.54) is 22.7 Å². The summed E-state index contributed by atoms with van der Waals surface area (Å²) in [5.74, 6) is 0.238. The minimum absolute atomic E-state index is 0.0489. The molecular weight excluding hydrogens is 290 g/mol. The van der Waals surface area contributed by atoms with Gasteiger partial charge in [0, 0.05) is 5.41 Å². The van der Waals surface area contributed by atoms with Crippen LogP contribution in [0, 0.1) is 0 Å². The molecule has 2 rings (SSSR count). The Balaban J connectivity index is 2.16. The molecule has 1 N–H and O–H groups in total. The third-order valence-corrected chi connectivity index (χ3v) is 5.00. The van der Waals surface area contributed by atoms with Crippen LogP contribution >= 0.6 is 22.7 Å². The normalized spacial score (nSPS) is 11.9. The first-order valence-corrected chi connectivity index (χ1v) is 8.21. The van der Waals surface area contributed by atoms with Gasteiger partial charge in [0.1, 0.15) is 5.01 Å². The Hall–Kier alpha value is -1.27. The summed E-state index contributed by atoms with van der Waals surface area (Å²) < 4.78 is 0. The highest BCUT2D eigenvalue weighted by Crippen LogP contribution is 2.29. The van der Waals surface area contributed by atoms with Crippen LogP contribution < -0.4 is 5.32 Å². The van der Waals surface area contributed by atoms with Crippen molar-refractivity contribution in [3.63, 3.8) is 0 Å². The van der Waals surface area contributed by atoms with Gasteiger partial charge in [0.25, 0.3) is 5.91 Å². The zero-order valence-corrected chi connectivity index (χ0v) is 14.0. The zero-order chi connectivity index (χ0) is 14.9. The number of carbonyl (C=O) groups is 1. The highest BCUT2D eigenvalue weighted by atomic mass is 32.1. The molecule has 0 radical (unpaired) electrons. The van der Waals surface area contributed by atoms with E-state index in [2.05, 4.69) is 50.1 Å². The van der Waals surface area contributed by atoms with E-state index in [0.29, 0.717) is 11.0 Å². The Morgan fingerprint density at radius 3 is 2.55 bits per heavy atom. The van der Waals surface area contributed by atoms with Gasteiger partial charge in [-0.1, -0.05) is 46.0 Å². The van der Waals surface area contributed by atoms with Gasteiger partial charge in [0.2, 0.25) is 5.13 Å². The van der Waals surface area contributed by atoms with Crippen LogP contribution in [0.25, 0.3) is 0 Å². The standard InChI is InChI=1S/C14H19N3OS2/c1-8(2)9-6-7-19-10(9)11(18)15-13-17-16-12(20-13)14(3,4)5/h6-8H,1-5H3,(H,15,17,18). The molecule has 6 heteroatoms. The van der Waals surface area contributed by atoms with Gasteiger partial charge in [-0.3, -0.25) is 10.1 Å². The van der Waals surface area contributed by atoms with E-state index in [1.807, 2.05) is 11.4 Å². The lowest BCUT2D eigenvalue weighted by molar-refractivity contribution is 0.102. The van der Waals surface area contributed by atoms with Crippen molar-refractivity contribution in [3.05, 3.63) is 26.9 Å². The molecule has 0 saturated carbocycles. The highest BCUT2D eigenvalue weighted by Gasteiger charge is 2.21. The summed E-state index contributed by atoms with van der Waals surface area (Å²) in [6.07, 6.45) is 0. The summed E-state index contributed by atoms with van der Waals surface area (Å²) in [7, 11) is 0. The second kappa shape index (κ2) is 5.61. The Labute approximate surface area is 127 Å². The summed E-state index contributed by atoms with van der Waals surface area (Å²) in [6, 6.07) is 2.00. The average molecular weight is 309 g/mol. The Morgan fingerprint density at radius 2 is 2.00 bits per heavy atom. The van der Waals surface area contributed by atoms with Gasteiger partial charge in [-0.2, -0.15) is 0 Å². The Morgan fingerprint density at radius 1 is 1.30 bits per heavy atom. The fraction of sp³-hybridized carbons (Fsp3) is 0.500. The minimum atomic E-state index is -0.0969. The molecule has 0 aliphatic carbocycles. The maximum absolute atomic E-state index is 12.3. The number of anilines is 1. The lowest BCUT2D eigenvalue weighted by Crippen LogP contribution is -2.12. The molecule has 0 unspecified atom stereocenters. The van der Waals surface area contributed by atoms with Gasteiger partial charge in [-0.25, -0.2) is 0 Å². The maximum Gasteiger partial charge on any atom is 0.267 e. The van der Waals surface area contributed by atoms with Crippen molar-refractivity contribution >= 4 is 33.7 Å². The summed E-state index contributed by atoms with van der Waals surface area (Å²) in [5, 5.41) is 14.5. The summed E-state index contributed by atoms with van der Waals surface area (Å²) in [6.45, 7) is 10.4. The molecule has 1 amide bonds. The van der Waals surface area contributed by atoms with E-state index in [0.717, 1.165) is 15.4 Å². The van der Waals surface area contributed by atoms with Crippen LogP contribution in [0.4, 0.5) is 5.13 Å². The van der Waals surface area contributed by atoms with Crippen LogP contribution in [0.1, 0.15) is 60.8 Å². The van der Waals surface area contributed by atoms with Crippen LogP contribution in [-0.2, 0) is 5.41 Å². The fourth-order valence-electron chi connectivity index (χ4n) is 1.69. The van der Waals surface area contributed by atoms with Gasteiger partial charge in [-0.05, 0) is 22.9 Å². The number of aromatic nitrogens is 2. The second-order valence-corrected chi connectivity index (χ2v) is 7.87. The first-order chi connectivity index (χ1) is 9.29. The Bertz CT molecular complexity index is 608. The van der Waals surface area contributed by atoms with E-state index < -0.39 is 0 Å². The summed E-state index contributed by atoms with van der Waals surface area (Å²) in [5.41, 5.74) is 1.03. The van der Waals surface area contributed by atoms with Gasteiger partial charge in [0.05, 0.1) is 4.88 Å². The van der Waals surface area contributed by atoms with Crippen molar-refractivity contribution in [2.24, 2.45) is 0 Å². The molecule has 2 aromatic rings. The predicted molar refractivity (Wildman–Crippen MR) is 85.0 cm³/mol. The smallest absolute Gasteiger partial charge is 0.267 e. The quantitative estimate of drug-likeness (QED) is 0.921. The van der Waals surface area contributed by atoms with Crippen LogP contribution in [0.3, 0.4) is 0 Å². The average Bonchev–Trinajstić information content (AvgIpc) is 2.95. The van der Waals surface area contributed by atoms with Crippen molar-refractivity contribution in [2.75, 3.05) is 5.32 Å². The summed E-state index contributed by atoms with van der Waals surface area (Å²) >= 11 is 2.89. The third kappa shape index (κ3) is 3.24. The summed E-state index contributed by atoms with van der Waals surface area (Å²) in [4.78, 5) is 13.1. The molecule has 0 aromatic carbocycles. The van der Waals surface area contributed by atoms with Crippen LogP contribution in [-0.4, -0.2) is 16.1 Å². The Kier molecular flexibility index (Phi) is 4.25. The molecule has 4 nitrogen and oxygen atoms in total. The zero-order valence-electron chi connectivity index (χ0n) is 12.4. The number of nitrogens with one attached hydrogen (secondary N) is 1. The SMILES string of the molecule is CC(C)c1ccsc1C(=O)Nc1nnc(C(C)(C)C)s1. The van der Waals surface area contributed by atoms with E-state index in [1.54, 1.807) is 0 Å². The molecule has 20 heavy (non-hydrogen) atoms. The number of carbonyl (C=O) groups excluding carboxylic acids is 1. The van der Waals surface area contributed by atoms with Crippen molar-refractivity contribution in [1.29, 1.82) is 0 Å². The van der Waals surface area contributed by atoms with E-state index in [-0.39, 0.29) is 11.3 Å². The number of amides is 1. The molecule has 108 valence electrons. The third-order valence-electron chi connectivity index (χ3n) is 2.81. The van der Waals surface area contributed by atoms with Crippen LogP contribution in [0.2, 0.25) is 0 Å². The molecule has 0 atom stereocenters. The molecule has 0 fully saturated rings. The first-order valence-electron chi connectivity index (χ1n) is 6.51. The molecule has 2 aromatic heterocycles. The molecule has 0 saturated heterocycles. The predicted octanol–water partition coefficient (Wildman–Crippen LogP) is 4.27. The largest absolute Gasteiger partial charge is 0.296 e. The van der Waals surface area contributed by atoms with Crippen molar-refractivity contribution < 1.29 is 4.79 Å². The van der Waals surface area contributed by atoms with Gasteiger partial charge < -0.3 is 0 Å². The molecule has 2 heterocycles. The van der Waals surface area contributed by atoms with E-state index in [4.69, 9.17) is 0 Å². The maximum atomic E-state index is 12.3. The first kappa shape index (κ1) is 15.1. The molecule has 0 bridgehead atoms. The molecule has 0 aliphatic heterocycles. The topological polar surface area (TPSA) is 54.9 Å². The van der Waals surface area contributed by atoms with Crippen molar-refractivity contribution in [1.82, 2.24) is 10.2 Å².